The second-order valence-corrected chi connectivity index (χ2v) is 4.82. The van der Waals surface area contributed by atoms with E-state index in [-0.39, 0.29) is 11.9 Å². The smallest absolute Gasteiger partial charge is 0.147 e. The third-order valence-corrected chi connectivity index (χ3v) is 3.44. The van der Waals surface area contributed by atoms with Crippen LogP contribution in [0.1, 0.15) is 28.9 Å². The van der Waals surface area contributed by atoms with Gasteiger partial charge in [-0.15, -0.1) is 0 Å². The fraction of sp³-hybridized carbons (Fsp3) is 0.333. The van der Waals surface area contributed by atoms with Crippen molar-refractivity contribution in [2.24, 2.45) is 11.5 Å². The molecule has 0 fully saturated rings. The van der Waals surface area contributed by atoms with E-state index in [1.165, 1.54) is 23.7 Å². The van der Waals surface area contributed by atoms with Gasteiger partial charge >= 0.3 is 0 Å². The molecule has 1 aromatic heterocycles. The Morgan fingerprint density at radius 1 is 1.28 bits per heavy atom. The van der Waals surface area contributed by atoms with Crippen molar-refractivity contribution in [3.63, 3.8) is 0 Å². The summed E-state index contributed by atoms with van der Waals surface area (Å²) in [6, 6.07) is 6.19. The molecule has 4 nitrogen and oxygen atoms in total. The van der Waals surface area contributed by atoms with Gasteiger partial charge in [0.2, 0.25) is 0 Å². The first-order valence-corrected chi connectivity index (χ1v) is 6.49. The van der Waals surface area contributed by atoms with Crippen LogP contribution in [0.15, 0.2) is 24.3 Å². The van der Waals surface area contributed by atoms with E-state index in [9.17, 15) is 4.39 Å². The molecule has 96 valence electrons. The van der Waals surface area contributed by atoms with Gasteiger partial charge in [0, 0.05) is 6.42 Å². The van der Waals surface area contributed by atoms with E-state index in [0.717, 1.165) is 10.6 Å². The summed E-state index contributed by atoms with van der Waals surface area (Å²) in [7, 11) is 0. The molecular weight excluding hydrogens is 251 g/mol. The number of nitrogens with two attached hydrogens (primary N) is 2. The lowest BCUT2D eigenvalue weighted by atomic mass is 10.1. The van der Waals surface area contributed by atoms with Gasteiger partial charge in [-0.2, -0.15) is 4.37 Å². The van der Waals surface area contributed by atoms with Crippen LogP contribution < -0.4 is 11.5 Å². The van der Waals surface area contributed by atoms with Gasteiger partial charge in [-0.25, -0.2) is 9.37 Å². The second kappa shape index (κ2) is 5.99. The predicted octanol–water partition coefficient (Wildman–Crippen LogP) is 1.62. The summed E-state index contributed by atoms with van der Waals surface area (Å²) in [6.07, 6.45) is 1.29. The van der Waals surface area contributed by atoms with Crippen molar-refractivity contribution >= 4 is 11.5 Å². The van der Waals surface area contributed by atoms with E-state index >= 15 is 0 Å². The third kappa shape index (κ3) is 3.32. The lowest BCUT2D eigenvalue weighted by molar-refractivity contribution is 0.627. The molecule has 1 atom stereocenters. The Morgan fingerprint density at radius 3 is 2.67 bits per heavy atom. The second-order valence-electron chi connectivity index (χ2n) is 4.04. The summed E-state index contributed by atoms with van der Waals surface area (Å²) in [6.45, 7) is 0.536. The summed E-state index contributed by atoms with van der Waals surface area (Å²) in [5.74, 6) is 0.477. The zero-order valence-electron chi connectivity index (χ0n) is 9.84. The van der Waals surface area contributed by atoms with E-state index < -0.39 is 0 Å². The molecule has 1 aromatic carbocycles. The van der Waals surface area contributed by atoms with Crippen molar-refractivity contribution in [2.45, 2.75) is 18.9 Å². The summed E-state index contributed by atoms with van der Waals surface area (Å²) in [5.41, 5.74) is 12.3. The van der Waals surface area contributed by atoms with E-state index in [4.69, 9.17) is 11.5 Å². The Kier molecular flexibility index (Phi) is 4.35. The minimum atomic E-state index is -0.240. The first-order valence-electron chi connectivity index (χ1n) is 5.71. The van der Waals surface area contributed by atoms with E-state index in [0.29, 0.717) is 25.2 Å². The van der Waals surface area contributed by atoms with Crippen molar-refractivity contribution < 1.29 is 4.39 Å². The molecular formula is C12H15FN4S. The Labute approximate surface area is 109 Å². The highest BCUT2D eigenvalue weighted by Crippen LogP contribution is 2.17. The molecule has 6 heteroatoms. The maximum Gasteiger partial charge on any atom is 0.147 e. The highest BCUT2D eigenvalue weighted by Gasteiger charge is 2.11. The van der Waals surface area contributed by atoms with Crippen LogP contribution in [-0.2, 0) is 6.42 Å². The monoisotopic (exact) mass is 266 g/mol. The van der Waals surface area contributed by atoms with Crippen LogP contribution in [0.4, 0.5) is 4.39 Å². The molecule has 0 bridgehead atoms. The van der Waals surface area contributed by atoms with Gasteiger partial charge in [-0.05, 0) is 42.2 Å². The topological polar surface area (TPSA) is 77.8 Å². The number of benzene rings is 1. The summed E-state index contributed by atoms with van der Waals surface area (Å²) in [5, 5.41) is 0.803. The van der Waals surface area contributed by atoms with Gasteiger partial charge in [0.05, 0.1) is 6.04 Å². The van der Waals surface area contributed by atoms with Gasteiger partial charge in [0.1, 0.15) is 16.6 Å². The zero-order chi connectivity index (χ0) is 13.0. The van der Waals surface area contributed by atoms with Crippen molar-refractivity contribution in [1.29, 1.82) is 0 Å². The lowest BCUT2D eigenvalue weighted by Crippen LogP contribution is -2.15. The van der Waals surface area contributed by atoms with Crippen molar-refractivity contribution in [2.75, 3.05) is 6.54 Å². The van der Waals surface area contributed by atoms with Gasteiger partial charge in [0.25, 0.3) is 0 Å². The largest absolute Gasteiger partial charge is 0.330 e. The predicted molar refractivity (Wildman–Crippen MR) is 69.7 cm³/mol. The SMILES string of the molecule is NCCC(N)c1nc(Cc2ccc(F)cc2)ns1. The fourth-order valence-electron chi connectivity index (χ4n) is 1.58. The normalized spacial score (nSPS) is 12.6. The zero-order valence-corrected chi connectivity index (χ0v) is 10.7. The molecule has 2 aromatic rings. The Bertz CT molecular complexity index is 497. The number of hydrogen-bond acceptors (Lipinski definition) is 5. The van der Waals surface area contributed by atoms with Crippen LogP contribution in [0.5, 0.6) is 0 Å². The van der Waals surface area contributed by atoms with Crippen molar-refractivity contribution in [1.82, 2.24) is 9.36 Å². The van der Waals surface area contributed by atoms with Crippen LogP contribution in [0.2, 0.25) is 0 Å². The molecule has 1 unspecified atom stereocenters. The number of rotatable bonds is 5. The molecule has 0 radical (unpaired) electrons. The minimum absolute atomic E-state index is 0.144. The molecule has 0 aliphatic heterocycles. The lowest BCUT2D eigenvalue weighted by Gasteiger charge is -2.03. The molecule has 0 aliphatic carbocycles. The van der Waals surface area contributed by atoms with E-state index in [1.54, 1.807) is 12.1 Å². The van der Waals surface area contributed by atoms with Crippen LogP contribution in [0, 0.1) is 5.82 Å². The standard InChI is InChI=1S/C12H15FN4S/c13-9-3-1-8(2-4-9)7-11-16-12(18-17-11)10(15)5-6-14/h1-4,10H,5-7,14-15H2. The van der Waals surface area contributed by atoms with Gasteiger partial charge < -0.3 is 11.5 Å². The average molecular weight is 266 g/mol. The highest BCUT2D eigenvalue weighted by molar-refractivity contribution is 7.05. The van der Waals surface area contributed by atoms with Crippen LogP contribution >= 0.6 is 11.5 Å². The van der Waals surface area contributed by atoms with Crippen molar-refractivity contribution in [3.05, 3.63) is 46.5 Å². The summed E-state index contributed by atoms with van der Waals surface area (Å²) in [4.78, 5) is 4.38. The van der Waals surface area contributed by atoms with Crippen molar-refractivity contribution in [3.8, 4) is 0 Å². The Balaban J connectivity index is 2.04. The Hall–Kier alpha value is -1.37. The molecule has 0 saturated carbocycles. The average Bonchev–Trinajstić information content (AvgIpc) is 2.81. The highest BCUT2D eigenvalue weighted by atomic mass is 32.1. The molecule has 18 heavy (non-hydrogen) atoms. The van der Waals surface area contributed by atoms with Crippen LogP contribution in [-0.4, -0.2) is 15.9 Å². The summed E-state index contributed by atoms with van der Waals surface area (Å²) >= 11 is 1.30. The Morgan fingerprint density at radius 2 is 2.00 bits per heavy atom. The number of nitrogens with zero attached hydrogens (tertiary/aromatic N) is 2. The fourth-order valence-corrected chi connectivity index (χ4v) is 2.28. The molecule has 1 heterocycles. The maximum atomic E-state index is 12.8. The van der Waals surface area contributed by atoms with Crippen LogP contribution in [0.25, 0.3) is 0 Å². The van der Waals surface area contributed by atoms with Gasteiger partial charge in [-0.1, -0.05) is 12.1 Å². The molecule has 4 N–H and O–H groups in total. The maximum absolute atomic E-state index is 12.8. The molecule has 0 spiro atoms. The van der Waals surface area contributed by atoms with Gasteiger partial charge in [-0.3, -0.25) is 0 Å². The third-order valence-electron chi connectivity index (χ3n) is 2.55. The number of halogens is 1. The quantitative estimate of drug-likeness (QED) is 0.862. The molecule has 0 aliphatic rings. The molecule has 0 amide bonds. The van der Waals surface area contributed by atoms with E-state index in [2.05, 4.69) is 9.36 Å². The molecule has 0 saturated heterocycles. The van der Waals surface area contributed by atoms with E-state index in [1.807, 2.05) is 0 Å². The first-order chi connectivity index (χ1) is 8.69. The number of hydrogen-bond donors (Lipinski definition) is 2. The van der Waals surface area contributed by atoms with Crippen LogP contribution in [0.3, 0.4) is 0 Å². The van der Waals surface area contributed by atoms with Gasteiger partial charge in [0.15, 0.2) is 0 Å². The molecule has 2 rings (SSSR count). The number of aromatic nitrogens is 2. The summed E-state index contributed by atoms with van der Waals surface area (Å²) < 4.78 is 17.0. The minimum Gasteiger partial charge on any atom is -0.330 e. The first kappa shape index (κ1) is 13.1.